The molecule has 22 heavy (non-hydrogen) atoms. The molecule has 0 radical (unpaired) electrons. The van der Waals surface area contributed by atoms with E-state index < -0.39 is 0 Å². The van der Waals surface area contributed by atoms with Gasteiger partial charge in [0.25, 0.3) is 0 Å². The van der Waals surface area contributed by atoms with Crippen LogP contribution in [0.5, 0.6) is 0 Å². The van der Waals surface area contributed by atoms with Gasteiger partial charge in [0.1, 0.15) is 0 Å². The van der Waals surface area contributed by atoms with Crippen LogP contribution in [0, 0.1) is 6.92 Å². The number of nitrogens with zero attached hydrogens (tertiary/aromatic N) is 1. The number of benzene rings is 2. The molecule has 1 heterocycles. The number of hydrogen-bond acceptors (Lipinski definition) is 2. The number of rotatable bonds is 3. The lowest BCUT2D eigenvalue weighted by molar-refractivity contribution is -0.115. The van der Waals surface area contributed by atoms with Gasteiger partial charge in [0, 0.05) is 15.6 Å². The fourth-order valence-electron chi connectivity index (χ4n) is 2.37. The van der Waals surface area contributed by atoms with Gasteiger partial charge in [-0.05, 0) is 36.8 Å². The first kappa shape index (κ1) is 14.7. The van der Waals surface area contributed by atoms with Crippen LogP contribution in [0.3, 0.4) is 0 Å². The maximum absolute atomic E-state index is 12.3. The normalized spacial score (nSPS) is 10.6. The summed E-state index contributed by atoms with van der Waals surface area (Å²) in [6.07, 6.45) is 0.335. The van der Waals surface area contributed by atoms with Gasteiger partial charge in [-0.3, -0.25) is 9.78 Å². The summed E-state index contributed by atoms with van der Waals surface area (Å²) in [7, 11) is 0. The third kappa shape index (κ3) is 3.34. The van der Waals surface area contributed by atoms with Crippen molar-refractivity contribution in [3.05, 3.63) is 70.3 Å². The highest BCUT2D eigenvalue weighted by Gasteiger charge is 2.08. The van der Waals surface area contributed by atoms with E-state index >= 15 is 0 Å². The van der Waals surface area contributed by atoms with Crippen molar-refractivity contribution >= 4 is 38.4 Å². The van der Waals surface area contributed by atoms with Crippen molar-refractivity contribution < 1.29 is 4.79 Å². The maximum atomic E-state index is 12.3. The van der Waals surface area contributed by atoms with Gasteiger partial charge in [-0.15, -0.1) is 0 Å². The molecule has 1 N–H and O–H groups in total. The first-order valence-corrected chi connectivity index (χ1v) is 7.82. The first-order valence-electron chi connectivity index (χ1n) is 7.02. The molecule has 0 aliphatic rings. The molecule has 0 bridgehead atoms. The summed E-state index contributed by atoms with van der Waals surface area (Å²) in [4.78, 5) is 16.8. The minimum atomic E-state index is -0.0473. The number of amides is 1. The standard InChI is InChI=1S/C18H15BrN2O/c1-12-8-9-14-5-3-7-16(18(14)20-12)21-17(22)11-13-4-2-6-15(19)10-13/h2-10H,11H2,1H3,(H,21,22). The maximum Gasteiger partial charge on any atom is 0.228 e. The third-order valence-electron chi connectivity index (χ3n) is 3.39. The molecule has 0 atom stereocenters. The number of fused-ring (bicyclic) bond motifs is 1. The van der Waals surface area contributed by atoms with E-state index in [1.807, 2.05) is 61.5 Å². The van der Waals surface area contributed by atoms with Crippen LogP contribution in [-0.2, 0) is 11.2 Å². The Hall–Kier alpha value is -2.20. The van der Waals surface area contributed by atoms with Gasteiger partial charge in [-0.1, -0.05) is 46.3 Å². The van der Waals surface area contributed by atoms with Gasteiger partial charge in [-0.2, -0.15) is 0 Å². The zero-order valence-electron chi connectivity index (χ0n) is 12.1. The van der Waals surface area contributed by atoms with Gasteiger partial charge in [0.15, 0.2) is 0 Å². The van der Waals surface area contributed by atoms with Crippen LogP contribution in [0.15, 0.2) is 59.1 Å². The summed E-state index contributed by atoms with van der Waals surface area (Å²) in [5.41, 5.74) is 3.48. The van der Waals surface area contributed by atoms with Crippen LogP contribution < -0.4 is 5.32 Å². The molecule has 0 saturated carbocycles. The predicted molar refractivity (Wildman–Crippen MR) is 93.0 cm³/mol. The molecule has 1 aromatic heterocycles. The molecule has 0 unspecified atom stereocenters. The van der Waals surface area contributed by atoms with Gasteiger partial charge >= 0.3 is 0 Å². The fraction of sp³-hybridized carbons (Fsp3) is 0.111. The summed E-state index contributed by atoms with van der Waals surface area (Å²) in [6.45, 7) is 1.94. The van der Waals surface area contributed by atoms with Crippen LogP contribution in [0.2, 0.25) is 0 Å². The minimum Gasteiger partial charge on any atom is -0.324 e. The highest BCUT2D eigenvalue weighted by molar-refractivity contribution is 9.10. The zero-order valence-corrected chi connectivity index (χ0v) is 13.7. The average Bonchev–Trinajstić information content (AvgIpc) is 2.48. The van der Waals surface area contributed by atoms with Crippen molar-refractivity contribution in [3.63, 3.8) is 0 Å². The van der Waals surface area contributed by atoms with Crippen molar-refractivity contribution in [1.82, 2.24) is 4.98 Å². The lowest BCUT2D eigenvalue weighted by atomic mass is 10.1. The van der Waals surface area contributed by atoms with E-state index in [0.29, 0.717) is 6.42 Å². The second kappa shape index (κ2) is 6.28. The second-order valence-electron chi connectivity index (χ2n) is 5.18. The Bertz CT molecular complexity index is 845. The number of carbonyl (C=O) groups is 1. The molecule has 0 spiro atoms. The number of aryl methyl sites for hydroxylation is 1. The van der Waals surface area contributed by atoms with Gasteiger partial charge in [0.05, 0.1) is 17.6 Å². The van der Waals surface area contributed by atoms with E-state index in [1.54, 1.807) is 0 Å². The van der Waals surface area contributed by atoms with Crippen molar-refractivity contribution in [2.75, 3.05) is 5.32 Å². The Labute approximate surface area is 137 Å². The third-order valence-corrected chi connectivity index (χ3v) is 3.88. The monoisotopic (exact) mass is 354 g/mol. The second-order valence-corrected chi connectivity index (χ2v) is 6.10. The van der Waals surface area contributed by atoms with Crippen molar-refractivity contribution in [3.8, 4) is 0 Å². The van der Waals surface area contributed by atoms with Crippen molar-refractivity contribution in [2.24, 2.45) is 0 Å². The lowest BCUT2D eigenvalue weighted by Crippen LogP contribution is -2.14. The molecule has 0 saturated heterocycles. The van der Waals surface area contributed by atoms with Crippen LogP contribution >= 0.6 is 15.9 Å². The first-order chi connectivity index (χ1) is 10.6. The van der Waals surface area contributed by atoms with Crippen LogP contribution in [-0.4, -0.2) is 10.9 Å². The van der Waals surface area contributed by atoms with Crippen LogP contribution in [0.4, 0.5) is 5.69 Å². The molecular weight excluding hydrogens is 340 g/mol. The Morgan fingerprint density at radius 1 is 1.14 bits per heavy atom. The van der Waals surface area contributed by atoms with E-state index in [1.165, 1.54) is 0 Å². The number of hydrogen-bond donors (Lipinski definition) is 1. The highest BCUT2D eigenvalue weighted by Crippen LogP contribution is 2.22. The molecular formula is C18H15BrN2O. The van der Waals surface area contributed by atoms with E-state index in [-0.39, 0.29) is 5.91 Å². The van der Waals surface area contributed by atoms with E-state index in [4.69, 9.17) is 0 Å². The summed E-state index contributed by atoms with van der Waals surface area (Å²) in [5, 5.41) is 3.98. The SMILES string of the molecule is Cc1ccc2cccc(NC(=O)Cc3cccc(Br)c3)c2n1. The summed E-state index contributed by atoms with van der Waals surface area (Å²) >= 11 is 3.42. The van der Waals surface area contributed by atoms with E-state index in [9.17, 15) is 4.79 Å². The number of para-hydroxylation sites is 1. The number of anilines is 1. The summed E-state index contributed by atoms with van der Waals surface area (Å²) in [5.74, 6) is -0.0473. The topological polar surface area (TPSA) is 42.0 Å². The molecule has 3 aromatic rings. The minimum absolute atomic E-state index is 0.0473. The molecule has 3 nitrogen and oxygen atoms in total. The predicted octanol–water partition coefficient (Wildman–Crippen LogP) is 4.49. The fourth-order valence-corrected chi connectivity index (χ4v) is 2.82. The zero-order chi connectivity index (χ0) is 15.5. The van der Waals surface area contributed by atoms with Gasteiger partial charge in [-0.25, -0.2) is 0 Å². The largest absolute Gasteiger partial charge is 0.324 e. The Balaban J connectivity index is 1.83. The van der Waals surface area contributed by atoms with Gasteiger partial charge in [0.2, 0.25) is 5.91 Å². The number of aromatic nitrogens is 1. The van der Waals surface area contributed by atoms with Crippen molar-refractivity contribution in [1.29, 1.82) is 0 Å². The van der Waals surface area contributed by atoms with Crippen molar-refractivity contribution in [2.45, 2.75) is 13.3 Å². The average molecular weight is 355 g/mol. The number of nitrogens with one attached hydrogen (secondary N) is 1. The van der Waals surface area contributed by atoms with E-state index in [2.05, 4.69) is 26.2 Å². The molecule has 0 fully saturated rings. The summed E-state index contributed by atoms with van der Waals surface area (Å²) < 4.78 is 0.972. The number of carbonyl (C=O) groups excluding carboxylic acids is 1. The Morgan fingerprint density at radius 2 is 1.95 bits per heavy atom. The smallest absolute Gasteiger partial charge is 0.228 e. The molecule has 3 rings (SSSR count). The number of halogens is 1. The molecule has 1 amide bonds. The van der Waals surface area contributed by atoms with Crippen LogP contribution in [0.1, 0.15) is 11.3 Å². The number of pyridine rings is 1. The molecule has 4 heteroatoms. The van der Waals surface area contributed by atoms with Gasteiger partial charge < -0.3 is 5.32 Å². The molecule has 0 aliphatic heterocycles. The Morgan fingerprint density at radius 3 is 2.77 bits per heavy atom. The molecule has 110 valence electrons. The summed E-state index contributed by atoms with van der Waals surface area (Å²) in [6, 6.07) is 17.5. The Kier molecular flexibility index (Phi) is 4.20. The van der Waals surface area contributed by atoms with Crippen LogP contribution in [0.25, 0.3) is 10.9 Å². The molecule has 2 aromatic carbocycles. The van der Waals surface area contributed by atoms with E-state index in [0.717, 1.165) is 32.3 Å². The quantitative estimate of drug-likeness (QED) is 0.752. The lowest BCUT2D eigenvalue weighted by Gasteiger charge is -2.09. The molecule has 0 aliphatic carbocycles. The highest BCUT2D eigenvalue weighted by atomic mass is 79.9.